The van der Waals surface area contributed by atoms with Crippen molar-refractivity contribution in [1.82, 2.24) is 0 Å². The lowest BCUT2D eigenvalue weighted by atomic mass is 9.54. The van der Waals surface area contributed by atoms with Crippen molar-refractivity contribution in [1.29, 1.82) is 0 Å². The van der Waals surface area contributed by atoms with Crippen LogP contribution in [0.3, 0.4) is 0 Å². The third kappa shape index (κ3) is 1.97. The molecule has 0 N–H and O–H groups in total. The van der Waals surface area contributed by atoms with Gasteiger partial charge in [0.25, 0.3) is 0 Å². The third-order valence-electron chi connectivity index (χ3n) is 3.60. The summed E-state index contributed by atoms with van der Waals surface area (Å²) in [5.74, 6) is 0. The van der Waals surface area contributed by atoms with Gasteiger partial charge < -0.3 is 4.65 Å². The molecule has 1 aliphatic rings. The lowest BCUT2D eigenvalue weighted by Gasteiger charge is -2.16. The smallest absolute Gasteiger partial charge is 0.362 e. The van der Waals surface area contributed by atoms with Gasteiger partial charge in [0.15, 0.2) is 0 Å². The van der Waals surface area contributed by atoms with E-state index in [9.17, 15) is 0 Å². The van der Waals surface area contributed by atoms with Crippen LogP contribution in [-0.4, -0.2) is 13.5 Å². The van der Waals surface area contributed by atoms with Crippen molar-refractivity contribution >= 4 is 17.8 Å². The van der Waals surface area contributed by atoms with Crippen LogP contribution in [0.25, 0.3) is 0 Å². The summed E-state index contributed by atoms with van der Waals surface area (Å²) in [5, 5.41) is 0. The second-order valence-corrected chi connectivity index (χ2v) is 4.61. The third-order valence-corrected chi connectivity index (χ3v) is 3.60. The summed E-state index contributed by atoms with van der Waals surface area (Å²) in [6, 6.07) is 17.0. The first-order chi connectivity index (χ1) is 8.90. The molecule has 1 nitrogen and oxygen atoms in total. The van der Waals surface area contributed by atoms with Gasteiger partial charge in [-0.05, 0) is 30.7 Å². The summed E-state index contributed by atoms with van der Waals surface area (Å²) < 4.78 is 5.79. The standard InChI is InChI=1S/C16H15BO/c1-2-18-17-15-9-5-3-7-13(15)11-12-14-8-4-6-10-16(14)17/h1,3-10H,2,11-12H2. The fourth-order valence-electron chi connectivity index (χ4n) is 2.75. The highest BCUT2D eigenvalue weighted by Crippen LogP contribution is 2.12. The van der Waals surface area contributed by atoms with E-state index in [4.69, 9.17) is 11.6 Å². The second kappa shape index (κ2) is 4.99. The second-order valence-electron chi connectivity index (χ2n) is 4.61. The van der Waals surface area contributed by atoms with E-state index in [1.807, 2.05) is 0 Å². The number of hydrogen-bond donors (Lipinski definition) is 0. The van der Waals surface area contributed by atoms with E-state index in [1.165, 1.54) is 22.1 Å². The molecule has 2 aromatic rings. The predicted octanol–water partition coefficient (Wildman–Crippen LogP) is 1.62. The number of hydrogen-bond acceptors (Lipinski definition) is 1. The van der Waals surface area contributed by atoms with Crippen LogP contribution in [0.1, 0.15) is 11.1 Å². The van der Waals surface area contributed by atoms with Crippen molar-refractivity contribution in [2.75, 3.05) is 6.61 Å². The van der Waals surface area contributed by atoms with Gasteiger partial charge in [0.1, 0.15) is 0 Å². The maximum absolute atomic E-state index is 5.79. The SMILES string of the molecule is [CH]COB1c2ccccc2CCc2ccccc21. The maximum atomic E-state index is 5.79. The molecular weight excluding hydrogens is 219 g/mol. The van der Waals surface area contributed by atoms with Gasteiger partial charge >= 0.3 is 6.92 Å². The molecule has 0 saturated carbocycles. The molecule has 2 radical (unpaired) electrons. The topological polar surface area (TPSA) is 9.23 Å². The summed E-state index contributed by atoms with van der Waals surface area (Å²) in [7, 11) is 0. The Kier molecular flexibility index (Phi) is 3.20. The molecule has 2 heteroatoms. The molecular formula is C16H15BO. The van der Waals surface area contributed by atoms with Gasteiger partial charge in [0, 0.05) is 6.61 Å². The Hall–Kier alpha value is -1.54. The molecule has 0 atom stereocenters. The van der Waals surface area contributed by atoms with Gasteiger partial charge in [-0.15, -0.1) is 0 Å². The monoisotopic (exact) mass is 234 g/mol. The molecule has 0 unspecified atom stereocenters. The number of rotatable bonds is 2. The van der Waals surface area contributed by atoms with Gasteiger partial charge in [0.05, 0.1) is 0 Å². The van der Waals surface area contributed by atoms with Crippen LogP contribution in [0.4, 0.5) is 0 Å². The first-order valence-electron chi connectivity index (χ1n) is 6.37. The van der Waals surface area contributed by atoms with Gasteiger partial charge in [-0.3, -0.25) is 0 Å². The average Bonchev–Trinajstić information content (AvgIpc) is 2.58. The van der Waals surface area contributed by atoms with Crippen molar-refractivity contribution in [3.05, 3.63) is 66.6 Å². The molecule has 0 saturated heterocycles. The lowest BCUT2D eigenvalue weighted by molar-refractivity contribution is 0.380. The molecule has 3 rings (SSSR count). The first-order valence-corrected chi connectivity index (χ1v) is 6.37. The molecule has 0 fully saturated rings. The first kappa shape index (κ1) is 11.5. The van der Waals surface area contributed by atoms with Crippen molar-refractivity contribution in [3.8, 4) is 0 Å². The minimum absolute atomic E-state index is 0.0232. The number of aryl methyl sites for hydroxylation is 2. The van der Waals surface area contributed by atoms with Crippen molar-refractivity contribution in [2.24, 2.45) is 0 Å². The average molecular weight is 234 g/mol. The Morgan fingerprint density at radius 3 is 1.89 bits per heavy atom. The zero-order valence-electron chi connectivity index (χ0n) is 10.3. The quantitative estimate of drug-likeness (QED) is 0.717. The molecule has 0 aliphatic carbocycles. The molecule has 0 bridgehead atoms. The molecule has 88 valence electrons. The highest BCUT2D eigenvalue weighted by atomic mass is 16.4. The molecule has 1 heterocycles. The van der Waals surface area contributed by atoms with Crippen molar-refractivity contribution in [3.63, 3.8) is 0 Å². The normalized spacial score (nSPS) is 13.7. The van der Waals surface area contributed by atoms with E-state index in [0.29, 0.717) is 0 Å². The van der Waals surface area contributed by atoms with E-state index in [1.54, 1.807) is 0 Å². The van der Waals surface area contributed by atoms with E-state index in [-0.39, 0.29) is 13.5 Å². The Labute approximate surface area is 109 Å². The minimum atomic E-state index is -0.0232. The minimum Gasteiger partial charge on any atom is -0.427 e. The number of fused-ring (bicyclic) bond motifs is 2. The zero-order valence-corrected chi connectivity index (χ0v) is 10.3. The molecule has 1 aliphatic heterocycles. The fraction of sp³-hybridized carbons (Fsp3) is 0.188. The van der Waals surface area contributed by atoms with Crippen LogP contribution < -0.4 is 10.9 Å². The Morgan fingerprint density at radius 1 is 0.889 bits per heavy atom. The lowest BCUT2D eigenvalue weighted by Crippen LogP contribution is -2.46. The Bertz CT molecular complexity index is 503. The van der Waals surface area contributed by atoms with Gasteiger partial charge in [-0.2, -0.15) is 0 Å². The molecule has 18 heavy (non-hydrogen) atoms. The van der Waals surface area contributed by atoms with E-state index < -0.39 is 0 Å². The van der Waals surface area contributed by atoms with Crippen LogP contribution in [0, 0.1) is 6.92 Å². The van der Waals surface area contributed by atoms with Crippen LogP contribution in [0.5, 0.6) is 0 Å². The zero-order chi connectivity index (χ0) is 12.4. The van der Waals surface area contributed by atoms with Gasteiger partial charge in [-0.1, -0.05) is 59.7 Å². The fourth-order valence-corrected chi connectivity index (χ4v) is 2.75. The van der Waals surface area contributed by atoms with Crippen molar-refractivity contribution < 1.29 is 4.65 Å². The van der Waals surface area contributed by atoms with Gasteiger partial charge in [-0.25, -0.2) is 0 Å². The van der Waals surface area contributed by atoms with Crippen LogP contribution >= 0.6 is 0 Å². The van der Waals surface area contributed by atoms with Crippen LogP contribution in [-0.2, 0) is 17.5 Å². The van der Waals surface area contributed by atoms with Crippen molar-refractivity contribution in [2.45, 2.75) is 12.8 Å². The molecule has 0 spiro atoms. The molecule has 2 aromatic carbocycles. The summed E-state index contributed by atoms with van der Waals surface area (Å²) in [6.45, 7) is 5.82. The van der Waals surface area contributed by atoms with E-state index >= 15 is 0 Å². The molecule has 0 aromatic heterocycles. The van der Waals surface area contributed by atoms with Crippen LogP contribution in [0.15, 0.2) is 48.5 Å². The summed E-state index contributed by atoms with van der Waals surface area (Å²) >= 11 is 0. The largest absolute Gasteiger partial charge is 0.427 e. The molecule has 0 amide bonds. The predicted molar refractivity (Wildman–Crippen MR) is 75.6 cm³/mol. The van der Waals surface area contributed by atoms with Crippen LogP contribution in [0.2, 0.25) is 0 Å². The highest BCUT2D eigenvalue weighted by Gasteiger charge is 2.27. The Balaban J connectivity index is 2.15. The summed E-state index contributed by atoms with van der Waals surface area (Å²) in [4.78, 5) is 0. The maximum Gasteiger partial charge on any atom is 0.362 e. The number of benzene rings is 2. The summed E-state index contributed by atoms with van der Waals surface area (Å²) in [6.07, 6.45) is 2.13. The van der Waals surface area contributed by atoms with E-state index in [2.05, 4.69) is 48.5 Å². The Morgan fingerprint density at radius 2 is 1.39 bits per heavy atom. The van der Waals surface area contributed by atoms with E-state index in [0.717, 1.165) is 12.8 Å². The van der Waals surface area contributed by atoms with Gasteiger partial charge in [0.2, 0.25) is 0 Å². The highest BCUT2D eigenvalue weighted by molar-refractivity contribution is 6.80. The summed E-state index contributed by atoms with van der Waals surface area (Å²) in [5.41, 5.74) is 5.25.